The fourth-order valence-corrected chi connectivity index (χ4v) is 6.36. The Morgan fingerprint density at radius 1 is 1.00 bits per heavy atom. The van der Waals surface area contributed by atoms with Gasteiger partial charge in [0, 0.05) is 23.1 Å². The minimum absolute atomic E-state index is 0.0178. The van der Waals surface area contributed by atoms with Crippen LogP contribution in [0.3, 0.4) is 0 Å². The van der Waals surface area contributed by atoms with Crippen LogP contribution in [0.15, 0.2) is 71.6 Å². The quantitative estimate of drug-likeness (QED) is 0.478. The van der Waals surface area contributed by atoms with Gasteiger partial charge >= 0.3 is 0 Å². The van der Waals surface area contributed by atoms with Crippen molar-refractivity contribution in [1.82, 2.24) is 9.29 Å². The number of hydrogen-bond donors (Lipinski definition) is 1. The van der Waals surface area contributed by atoms with Crippen LogP contribution in [-0.2, 0) is 16.4 Å². The second-order valence-corrected chi connectivity index (χ2v) is 10.0. The van der Waals surface area contributed by atoms with Gasteiger partial charge in [-0.1, -0.05) is 54.1 Å². The molecular weight excluding hydrogens is 411 g/mol. The lowest BCUT2D eigenvalue weighted by atomic mass is 9.94. The number of nitrogens with zero attached hydrogens (tertiary/aromatic N) is 1. The van der Waals surface area contributed by atoms with Crippen LogP contribution in [0.1, 0.15) is 34.0 Å². The number of sulfonamides is 1. The summed E-state index contributed by atoms with van der Waals surface area (Å²) in [4.78, 5) is 3.50. The smallest absolute Gasteiger partial charge is 0.244 e. The van der Waals surface area contributed by atoms with E-state index in [1.54, 1.807) is 6.92 Å². The summed E-state index contributed by atoms with van der Waals surface area (Å²) in [5, 5.41) is 1.12. The Hall–Kier alpha value is -2.96. The zero-order valence-electron chi connectivity index (χ0n) is 17.4. The van der Waals surface area contributed by atoms with Crippen LogP contribution in [0, 0.1) is 19.7 Å². The highest BCUT2D eigenvalue weighted by molar-refractivity contribution is 7.89. The molecule has 0 unspecified atom stereocenters. The van der Waals surface area contributed by atoms with Crippen LogP contribution in [0.5, 0.6) is 0 Å². The third-order valence-electron chi connectivity index (χ3n) is 6.12. The average molecular weight is 435 g/mol. The van der Waals surface area contributed by atoms with Gasteiger partial charge in [0.15, 0.2) is 0 Å². The molecule has 0 amide bonds. The number of H-pyrrole nitrogens is 1. The summed E-state index contributed by atoms with van der Waals surface area (Å²) in [5.41, 5.74) is 5.54. The maximum Gasteiger partial charge on any atom is 0.244 e. The summed E-state index contributed by atoms with van der Waals surface area (Å²) in [6.07, 6.45) is 0.593. The van der Waals surface area contributed by atoms with E-state index in [2.05, 4.69) is 11.1 Å². The maximum absolute atomic E-state index is 14.0. The van der Waals surface area contributed by atoms with Gasteiger partial charge in [-0.2, -0.15) is 4.31 Å². The van der Waals surface area contributed by atoms with E-state index in [0.717, 1.165) is 39.4 Å². The molecule has 1 aromatic heterocycles. The van der Waals surface area contributed by atoms with E-state index in [1.165, 1.54) is 16.4 Å². The summed E-state index contributed by atoms with van der Waals surface area (Å²) in [6, 6.07) is 19.4. The number of aromatic amines is 1. The van der Waals surface area contributed by atoms with Gasteiger partial charge in [0.2, 0.25) is 10.0 Å². The monoisotopic (exact) mass is 434 g/mol. The van der Waals surface area contributed by atoms with Crippen molar-refractivity contribution in [2.45, 2.75) is 31.2 Å². The van der Waals surface area contributed by atoms with E-state index in [9.17, 15) is 12.8 Å². The van der Waals surface area contributed by atoms with Gasteiger partial charge in [0.25, 0.3) is 0 Å². The highest BCUT2D eigenvalue weighted by atomic mass is 32.2. The lowest BCUT2D eigenvalue weighted by Gasteiger charge is -2.35. The Morgan fingerprint density at radius 2 is 1.74 bits per heavy atom. The fraction of sp³-hybridized carbons (Fsp3) is 0.200. The van der Waals surface area contributed by atoms with Crippen LogP contribution in [0.25, 0.3) is 10.9 Å². The van der Waals surface area contributed by atoms with E-state index >= 15 is 0 Å². The lowest BCUT2D eigenvalue weighted by molar-refractivity contribution is 0.340. The molecule has 1 aliphatic heterocycles. The summed E-state index contributed by atoms with van der Waals surface area (Å²) >= 11 is 0. The third kappa shape index (κ3) is 3.27. The van der Waals surface area contributed by atoms with Crippen LogP contribution in [0.2, 0.25) is 0 Å². The Bertz CT molecular complexity index is 1390. The van der Waals surface area contributed by atoms with Crippen LogP contribution >= 0.6 is 0 Å². The van der Waals surface area contributed by atoms with Crippen LogP contribution < -0.4 is 0 Å². The van der Waals surface area contributed by atoms with Gasteiger partial charge in [-0.15, -0.1) is 0 Å². The Labute approximate surface area is 181 Å². The molecule has 0 radical (unpaired) electrons. The SMILES string of the molecule is Cc1ccc([C@@H]2c3[nH]c4ccccc4c3CCN2S(=O)(=O)c2cc(F)ccc2C)cc1. The molecule has 5 rings (SSSR count). The molecule has 6 heteroatoms. The number of benzene rings is 3. The molecular formula is C25H23FN2O2S. The standard InChI is InChI=1S/C25H23FN2O2S/c1-16-7-10-18(11-8-16)25-24-21(20-5-3-4-6-22(20)27-24)13-14-28(25)31(29,30)23-15-19(26)12-9-17(23)2/h3-12,15,25,27H,13-14H2,1-2H3/t25-/m1/s1. The maximum atomic E-state index is 14.0. The predicted molar refractivity (Wildman–Crippen MR) is 120 cm³/mol. The Balaban J connectivity index is 1.73. The minimum Gasteiger partial charge on any atom is -0.357 e. The van der Waals surface area contributed by atoms with E-state index in [1.807, 2.05) is 49.4 Å². The molecule has 0 bridgehead atoms. The molecule has 0 aliphatic carbocycles. The predicted octanol–water partition coefficient (Wildman–Crippen LogP) is 5.26. The van der Waals surface area contributed by atoms with Gasteiger partial charge in [-0.05, 0) is 55.2 Å². The van der Waals surface area contributed by atoms with E-state index in [0.29, 0.717) is 18.5 Å². The minimum atomic E-state index is -3.93. The largest absolute Gasteiger partial charge is 0.357 e. The van der Waals surface area contributed by atoms with E-state index < -0.39 is 21.9 Å². The van der Waals surface area contributed by atoms with E-state index in [-0.39, 0.29) is 4.90 Å². The van der Waals surface area contributed by atoms with E-state index in [4.69, 9.17) is 0 Å². The Kier molecular flexibility index (Phi) is 4.72. The topological polar surface area (TPSA) is 53.2 Å². The molecule has 0 saturated heterocycles. The van der Waals surface area contributed by atoms with Crippen molar-refractivity contribution in [1.29, 1.82) is 0 Å². The number of rotatable bonds is 3. The third-order valence-corrected chi connectivity index (χ3v) is 8.13. The van der Waals surface area contributed by atoms with Crippen molar-refractivity contribution in [3.05, 3.63) is 100 Å². The molecule has 0 spiro atoms. The molecule has 1 aliphatic rings. The van der Waals surface area contributed by atoms with Crippen molar-refractivity contribution >= 4 is 20.9 Å². The molecule has 4 aromatic rings. The molecule has 4 nitrogen and oxygen atoms in total. The molecule has 158 valence electrons. The van der Waals surface area contributed by atoms with Gasteiger partial charge in [0.1, 0.15) is 5.82 Å². The molecule has 1 atom stereocenters. The number of hydrogen-bond acceptors (Lipinski definition) is 2. The summed E-state index contributed by atoms with van der Waals surface area (Å²) < 4.78 is 43.1. The van der Waals surface area contributed by atoms with Crippen molar-refractivity contribution in [3.63, 3.8) is 0 Å². The van der Waals surface area contributed by atoms with Crippen molar-refractivity contribution < 1.29 is 12.8 Å². The Morgan fingerprint density at radius 3 is 2.52 bits per heavy atom. The number of nitrogens with one attached hydrogen (secondary N) is 1. The second-order valence-electron chi connectivity index (χ2n) is 8.15. The molecule has 1 N–H and O–H groups in total. The first-order valence-corrected chi connectivity index (χ1v) is 11.7. The number of aromatic nitrogens is 1. The highest BCUT2D eigenvalue weighted by Crippen LogP contribution is 2.41. The fourth-order valence-electron chi connectivity index (χ4n) is 4.54. The molecule has 0 saturated carbocycles. The zero-order valence-corrected chi connectivity index (χ0v) is 18.2. The van der Waals surface area contributed by atoms with Gasteiger partial charge in [-0.3, -0.25) is 0 Å². The molecule has 0 fully saturated rings. The molecule has 31 heavy (non-hydrogen) atoms. The van der Waals surface area contributed by atoms with Crippen LogP contribution in [0.4, 0.5) is 4.39 Å². The average Bonchev–Trinajstić information content (AvgIpc) is 3.14. The second kappa shape index (κ2) is 7.32. The first-order valence-electron chi connectivity index (χ1n) is 10.3. The van der Waals surface area contributed by atoms with Crippen LogP contribution in [-0.4, -0.2) is 24.3 Å². The molecule has 2 heterocycles. The van der Waals surface area contributed by atoms with Gasteiger partial charge < -0.3 is 4.98 Å². The van der Waals surface area contributed by atoms with Crippen molar-refractivity contribution in [3.8, 4) is 0 Å². The van der Waals surface area contributed by atoms with Gasteiger partial charge in [-0.25, -0.2) is 12.8 Å². The number of para-hydroxylation sites is 1. The summed E-state index contributed by atoms with van der Waals surface area (Å²) in [6.45, 7) is 4.03. The lowest BCUT2D eigenvalue weighted by Crippen LogP contribution is -2.40. The first kappa shape index (κ1) is 20.0. The van der Waals surface area contributed by atoms with Crippen molar-refractivity contribution in [2.24, 2.45) is 0 Å². The summed E-state index contributed by atoms with van der Waals surface area (Å²) in [5.74, 6) is -0.556. The van der Waals surface area contributed by atoms with Gasteiger partial charge in [0.05, 0.1) is 10.9 Å². The first-order chi connectivity index (χ1) is 14.9. The number of fused-ring (bicyclic) bond motifs is 3. The normalized spacial score (nSPS) is 17.1. The molecule has 3 aromatic carbocycles. The number of aryl methyl sites for hydroxylation is 2. The van der Waals surface area contributed by atoms with Crippen molar-refractivity contribution in [2.75, 3.05) is 6.54 Å². The number of halogens is 1. The highest BCUT2D eigenvalue weighted by Gasteiger charge is 2.39. The zero-order chi connectivity index (χ0) is 21.8. The summed E-state index contributed by atoms with van der Waals surface area (Å²) in [7, 11) is -3.93.